The Balaban J connectivity index is 3.26. The predicted octanol–water partition coefficient (Wildman–Crippen LogP) is 0.404. The Kier molecular flexibility index (Phi) is 4.55. The molecule has 1 amide bonds. The van der Waals surface area contributed by atoms with Gasteiger partial charge in [0.2, 0.25) is 10.0 Å². The minimum absolute atomic E-state index is 0.355. The lowest BCUT2D eigenvalue weighted by molar-refractivity contribution is -0.119. The van der Waals surface area contributed by atoms with E-state index in [0.717, 1.165) is 10.6 Å². The number of carbonyl (C=O) groups excluding carboxylic acids is 1. The number of halogens is 1. The van der Waals surface area contributed by atoms with E-state index in [1.807, 2.05) is 5.43 Å². The molecule has 1 aromatic carbocycles. The lowest BCUT2D eigenvalue weighted by Crippen LogP contribution is -2.43. The van der Waals surface area contributed by atoms with Crippen LogP contribution < -0.4 is 15.6 Å². The first-order valence-electron chi connectivity index (χ1n) is 4.99. The summed E-state index contributed by atoms with van der Waals surface area (Å²) in [6.45, 7) is 1.33. The molecule has 6 nitrogen and oxygen atoms in total. The van der Waals surface area contributed by atoms with E-state index < -0.39 is 22.5 Å². The van der Waals surface area contributed by atoms with Gasteiger partial charge < -0.3 is 0 Å². The lowest BCUT2D eigenvalue weighted by atomic mass is 10.2. The second-order valence-electron chi connectivity index (χ2n) is 3.77. The molecule has 0 heterocycles. The van der Waals surface area contributed by atoms with E-state index in [2.05, 4.69) is 0 Å². The van der Waals surface area contributed by atoms with Crippen molar-refractivity contribution in [3.05, 3.63) is 28.8 Å². The molecule has 100 valence electrons. The summed E-state index contributed by atoms with van der Waals surface area (Å²) in [6, 6.07) is 4.81. The molecule has 0 bridgehead atoms. The molecule has 8 heteroatoms. The van der Waals surface area contributed by atoms with Crippen LogP contribution >= 0.6 is 11.6 Å². The van der Waals surface area contributed by atoms with Crippen LogP contribution in [0.2, 0.25) is 5.02 Å². The fourth-order valence-corrected chi connectivity index (χ4v) is 2.48. The summed E-state index contributed by atoms with van der Waals surface area (Å²) >= 11 is 5.83. The van der Waals surface area contributed by atoms with Gasteiger partial charge in [-0.15, -0.1) is 0 Å². The molecular weight excluding hydrogens is 278 g/mol. The second kappa shape index (κ2) is 5.55. The third-order valence-electron chi connectivity index (χ3n) is 2.29. The number of anilines is 1. The van der Waals surface area contributed by atoms with Crippen molar-refractivity contribution in [2.75, 3.05) is 17.1 Å². The highest BCUT2D eigenvalue weighted by Gasteiger charge is 2.22. The van der Waals surface area contributed by atoms with Gasteiger partial charge in [-0.25, -0.2) is 14.3 Å². The highest BCUT2D eigenvalue weighted by molar-refractivity contribution is 7.92. The molecule has 1 rings (SSSR count). The van der Waals surface area contributed by atoms with Crippen LogP contribution in [0.1, 0.15) is 5.56 Å². The van der Waals surface area contributed by atoms with Gasteiger partial charge in [-0.3, -0.25) is 14.5 Å². The summed E-state index contributed by atoms with van der Waals surface area (Å²) < 4.78 is 24.4. The molecule has 0 atom stereocenters. The molecule has 0 radical (unpaired) electrons. The summed E-state index contributed by atoms with van der Waals surface area (Å²) in [5, 5.41) is 0.386. The van der Waals surface area contributed by atoms with E-state index in [1.54, 1.807) is 19.1 Å². The maximum absolute atomic E-state index is 11.7. The zero-order chi connectivity index (χ0) is 13.9. The molecule has 0 aliphatic heterocycles. The summed E-state index contributed by atoms with van der Waals surface area (Å²) in [4.78, 5) is 11.3. The molecule has 0 aromatic heterocycles. The molecular formula is C10H14ClN3O3S. The number of carbonyl (C=O) groups is 1. The van der Waals surface area contributed by atoms with Gasteiger partial charge in [0.15, 0.2) is 0 Å². The molecule has 3 N–H and O–H groups in total. The van der Waals surface area contributed by atoms with Gasteiger partial charge in [-0.2, -0.15) is 0 Å². The van der Waals surface area contributed by atoms with E-state index >= 15 is 0 Å². The van der Waals surface area contributed by atoms with Gasteiger partial charge >= 0.3 is 0 Å². The van der Waals surface area contributed by atoms with Gasteiger partial charge in [0.25, 0.3) is 5.91 Å². The van der Waals surface area contributed by atoms with Gasteiger partial charge in [-0.05, 0) is 24.6 Å². The topological polar surface area (TPSA) is 92.5 Å². The number of hydrogen-bond donors (Lipinski definition) is 2. The summed E-state index contributed by atoms with van der Waals surface area (Å²) in [7, 11) is -3.60. The van der Waals surface area contributed by atoms with Crippen LogP contribution in [-0.2, 0) is 14.8 Å². The lowest BCUT2D eigenvalue weighted by Gasteiger charge is -2.23. The smallest absolute Gasteiger partial charge is 0.254 e. The quantitative estimate of drug-likeness (QED) is 0.477. The molecule has 0 spiro atoms. The van der Waals surface area contributed by atoms with Crippen molar-refractivity contribution in [3.8, 4) is 0 Å². The largest absolute Gasteiger partial charge is 0.293 e. The third-order valence-corrected chi connectivity index (χ3v) is 3.65. The van der Waals surface area contributed by atoms with Crippen molar-refractivity contribution in [1.82, 2.24) is 5.43 Å². The first-order valence-corrected chi connectivity index (χ1v) is 7.21. The van der Waals surface area contributed by atoms with Gasteiger partial charge in [0.05, 0.1) is 11.9 Å². The van der Waals surface area contributed by atoms with Crippen molar-refractivity contribution in [2.45, 2.75) is 6.92 Å². The molecule has 0 fully saturated rings. The van der Waals surface area contributed by atoms with Crippen LogP contribution in [0.3, 0.4) is 0 Å². The van der Waals surface area contributed by atoms with Crippen LogP contribution in [-0.4, -0.2) is 27.1 Å². The first-order chi connectivity index (χ1) is 8.25. The molecule has 0 saturated carbocycles. The van der Waals surface area contributed by atoms with Crippen LogP contribution in [0.4, 0.5) is 5.69 Å². The van der Waals surface area contributed by atoms with Crippen LogP contribution in [0.15, 0.2) is 18.2 Å². The summed E-state index contributed by atoms with van der Waals surface area (Å²) in [5.74, 6) is 4.35. The minimum atomic E-state index is -3.60. The molecule has 0 aliphatic rings. The number of sulfonamides is 1. The average molecular weight is 292 g/mol. The number of hydrazine groups is 1. The van der Waals surface area contributed by atoms with Gasteiger partial charge in [-0.1, -0.05) is 17.7 Å². The van der Waals surface area contributed by atoms with Gasteiger partial charge in [0.1, 0.15) is 6.54 Å². The molecule has 0 unspecified atom stereocenters. The van der Waals surface area contributed by atoms with Gasteiger partial charge in [0, 0.05) is 5.02 Å². The monoisotopic (exact) mass is 291 g/mol. The SMILES string of the molecule is Cc1ccc(Cl)cc1N(CC(=O)NN)S(C)(=O)=O. The van der Waals surface area contributed by atoms with Crippen LogP contribution in [0.5, 0.6) is 0 Å². The van der Waals surface area contributed by atoms with Crippen molar-refractivity contribution in [3.63, 3.8) is 0 Å². The third kappa shape index (κ3) is 3.59. The number of nitrogens with one attached hydrogen (secondary N) is 1. The first kappa shape index (κ1) is 14.7. The fourth-order valence-electron chi connectivity index (χ4n) is 1.41. The minimum Gasteiger partial charge on any atom is -0.293 e. The number of nitrogens with two attached hydrogens (primary N) is 1. The molecule has 0 saturated heterocycles. The Bertz CT molecular complexity index is 559. The van der Waals surface area contributed by atoms with Crippen molar-refractivity contribution >= 4 is 33.2 Å². The number of benzene rings is 1. The molecule has 1 aromatic rings. The Morgan fingerprint density at radius 3 is 2.61 bits per heavy atom. The Labute approximate surface area is 111 Å². The normalized spacial score (nSPS) is 11.1. The zero-order valence-corrected chi connectivity index (χ0v) is 11.5. The van der Waals surface area contributed by atoms with E-state index in [4.69, 9.17) is 17.4 Å². The van der Waals surface area contributed by atoms with E-state index in [-0.39, 0.29) is 0 Å². The van der Waals surface area contributed by atoms with Crippen molar-refractivity contribution < 1.29 is 13.2 Å². The number of rotatable bonds is 4. The Hall–Kier alpha value is -1.31. The maximum Gasteiger partial charge on any atom is 0.254 e. The van der Waals surface area contributed by atoms with E-state index in [9.17, 15) is 13.2 Å². The Morgan fingerprint density at radius 2 is 2.11 bits per heavy atom. The van der Waals surface area contributed by atoms with Crippen molar-refractivity contribution in [2.24, 2.45) is 5.84 Å². The van der Waals surface area contributed by atoms with Crippen molar-refractivity contribution in [1.29, 1.82) is 0 Å². The standard InChI is InChI=1S/C10H14ClN3O3S/c1-7-3-4-8(11)5-9(7)14(18(2,16)17)6-10(15)13-12/h3-5H,6,12H2,1-2H3,(H,13,15). The second-order valence-corrected chi connectivity index (χ2v) is 6.11. The van der Waals surface area contributed by atoms with E-state index in [0.29, 0.717) is 16.3 Å². The summed E-state index contributed by atoms with van der Waals surface area (Å²) in [6.07, 6.45) is 1.01. The van der Waals surface area contributed by atoms with E-state index in [1.165, 1.54) is 6.07 Å². The molecule has 0 aliphatic carbocycles. The number of amides is 1. The average Bonchev–Trinajstić information content (AvgIpc) is 2.27. The number of aryl methyl sites for hydroxylation is 1. The molecule has 18 heavy (non-hydrogen) atoms. The number of hydrogen-bond acceptors (Lipinski definition) is 4. The zero-order valence-electron chi connectivity index (χ0n) is 9.97. The van der Waals surface area contributed by atoms with Crippen LogP contribution in [0, 0.1) is 6.92 Å². The predicted molar refractivity (Wildman–Crippen MR) is 70.7 cm³/mol. The number of nitrogens with zero attached hydrogens (tertiary/aromatic N) is 1. The van der Waals surface area contributed by atoms with Crippen LogP contribution in [0.25, 0.3) is 0 Å². The maximum atomic E-state index is 11.7. The summed E-state index contributed by atoms with van der Waals surface area (Å²) in [5.41, 5.74) is 2.94. The highest BCUT2D eigenvalue weighted by Crippen LogP contribution is 2.25. The Morgan fingerprint density at radius 1 is 1.50 bits per heavy atom. The highest BCUT2D eigenvalue weighted by atomic mass is 35.5. The fraction of sp³-hybridized carbons (Fsp3) is 0.300.